The summed E-state index contributed by atoms with van der Waals surface area (Å²) in [6.45, 7) is 16.2. The van der Waals surface area contributed by atoms with Crippen LogP contribution in [0.4, 0.5) is 0 Å². The molecule has 0 N–H and O–H groups in total. The van der Waals surface area contributed by atoms with Crippen LogP contribution in [0.1, 0.15) is 77.3 Å². The normalized spacial score (nSPS) is 30.9. The van der Waals surface area contributed by atoms with Crippen molar-refractivity contribution in [2.45, 2.75) is 77.7 Å². The van der Waals surface area contributed by atoms with E-state index in [1.165, 1.54) is 42.4 Å². The van der Waals surface area contributed by atoms with Gasteiger partial charge in [-0.2, -0.15) is 0 Å². The molecule has 0 unspecified atom stereocenters. The smallest absolute Gasteiger partial charge is 0.127 e. The first-order chi connectivity index (χ1) is 12.2. The Labute approximate surface area is 159 Å². The highest BCUT2D eigenvalue weighted by Crippen LogP contribution is 2.69. The van der Waals surface area contributed by atoms with Gasteiger partial charge in [0.2, 0.25) is 0 Å². The number of hydrogen-bond donors (Lipinski definition) is 0. The first-order valence-corrected chi connectivity index (χ1v) is 10.3. The zero-order valence-electron chi connectivity index (χ0n) is 17.3. The number of fused-ring (bicyclic) bond motifs is 1. The Kier molecular flexibility index (Phi) is 3.99. The molecule has 26 heavy (non-hydrogen) atoms. The standard InChI is InChI=1S/C24H34O2/c1-8-9-10-23(3,4)15-11-18(25-7)21-19(12-15)26-22-14(2)16-13-17(20(21)22)24(16,5)6/h11-12,16-17,20,22H,2,8-10,13H2,1,3-7H3/t16-,17+,20-,22-/m0/s1. The van der Waals surface area contributed by atoms with E-state index < -0.39 is 0 Å². The zero-order chi connectivity index (χ0) is 18.9. The summed E-state index contributed by atoms with van der Waals surface area (Å²) in [4.78, 5) is 0. The minimum atomic E-state index is 0.133. The fraction of sp³-hybridized carbons (Fsp3) is 0.667. The Morgan fingerprint density at radius 3 is 2.65 bits per heavy atom. The first-order valence-electron chi connectivity index (χ1n) is 10.3. The average Bonchev–Trinajstić information content (AvgIpc) is 2.99. The molecule has 2 nitrogen and oxygen atoms in total. The van der Waals surface area contributed by atoms with Crippen LogP contribution in [0.15, 0.2) is 24.3 Å². The highest BCUT2D eigenvalue weighted by molar-refractivity contribution is 5.58. The fourth-order valence-corrected chi connectivity index (χ4v) is 5.83. The quantitative estimate of drug-likeness (QED) is 0.583. The van der Waals surface area contributed by atoms with Crippen molar-refractivity contribution in [3.05, 3.63) is 35.4 Å². The van der Waals surface area contributed by atoms with Gasteiger partial charge in [0.15, 0.2) is 0 Å². The summed E-state index contributed by atoms with van der Waals surface area (Å²) in [5.41, 5.74) is 4.39. The molecule has 0 radical (unpaired) electrons. The second kappa shape index (κ2) is 5.78. The lowest BCUT2D eigenvalue weighted by Gasteiger charge is -2.61. The van der Waals surface area contributed by atoms with Crippen molar-refractivity contribution in [1.82, 2.24) is 0 Å². The molecule has 1 aromatic carbocycles. The third-order valence-corrected chi connectivity index (χ3v) is 7.76. The van der Waals surface area contributed by atoms with E-state index in [0.29, 0.717) is 23.2 Å². The molecule has 3 fully saturated rings. The van der Waals surface area contributed by atoms with Crippen molar-refractivity contribution in [2.24, 2.45) is 17.3 Å². The minimum absolute atomic E-state index is 0.133. The molecule has 1 heterocycles. The van der Waals surface area contributed by atoms with Gasteiger partial charge >= 0.3 is 0 Å². The fourth-order valence-electron chi connectivity index (χ4n) is 5.83. The molecule has 2 bridgehead atoms. The lowest BCUT2D eigenvalue weighted by molar-refractivity contribution is -0.0727. The summed E-state index contributed by atoms with van der Waals surface area (Å²) >= 11 is 0. The molecule has 2 heteroatoms. The van der Waals surface area contributed by atoms with Gasteiger partial charge in [-0.3, -0.25) is 0 Å². The van der Waals surface area contributed by atoms with Crippen LogP contribution in [-0.4, -0.2) is 13.2 Å². The maximum Gasteiger partial charge on any atom is 0.127 e. The summed E-state index contributed by atoms with van der Waals surface area (Å²) in [7, 11) is 1.80. The van der Waals surface area contributed by atoms with Crippen molar-refractivity contribution in [3.63, 3.8) is 0 Å². The van der Waals surface area contributed by atoms with E-state index in [1.54, 1.807) is 7.11 Å². The van der Waals surface area contributed by atoms with Gasteiger partial charge in [-0.1, -0.05) is 54.0 Å². The Morgan fingerprint density at radius 2 is 2.04 bits per heavy atom. The van der Waals surface area contributed by atoms with Crippen LogP contribution in [0.5, 0.6) is 11.5 Å². The predicted octanol–water partition coefficient (Wildman–Crippen LogP) is 6.24. The molecule has 0 spiro atoms. The number of rotatable bonds is 5. The van der Waals surface area contributed by atoms with Gasteiger partial charge in [0, 0.05) is 11.5 Å². The number of ether oxygens (including phenoxy) is 2. The second-order valence-corrected chi connectivity index (χ2v) is 9.93. The van der Waals surface area contributed by atoms with Gasteiger partial charge in [-0.25, -0.2) is 0 Å². The summed E-state index contributed by atoms with van der Waals surface area (Å²) < 4.78 is 12.4. The van der Waals surface area contributed by atoms with Gasteiger partial charge in [0.1, 0.15) is 17.6 Å². The third-order valence-electron chi connectivity index (χ3n) is 7.76. The molecule has 4 aliphatic rings. The van der Waals surface area contributed by atoms with Crippen LogP contribution in [0.2, 0.25) is 0 Å². The molecule has 4 atom stereocenters. The van der Waals surface area contributed by atoms with Crippen LogP contribution in [-0.2, 0) is 5.41 Å². The van der Waals surface area contributed by atoms with Crippen molar-refractivity contribution in [1.29, 1.82) is 0 Å². The largest absolute Gasteiger partial charge is 0.496 e. The Bertz CT molecular complexity index is 743. The molecule has 1 aromatic rings. The van der Waals surface area contributed by atoms with E-state index in [-0.39, 0.29) is 11.5 Å². The van der Waals surface area contributed by atoms with Crippen LogP contribution in [0.25, 0.3) is 0 Å². The van der Waals surface area contributed by atoms with E-state index in [0.717, 1.165) is 11.5 Å². The van der Waals surface area contributed by atoms with Gasteiger partial charge < -0.3 is 9.47 Å². The van der Waals surface area contributed by atoms with E-state index in [1.807, 2.05) is 0 Å². The van der Waals surface area contributed by atoms with Crippen molar-refractivity contribution < 1.29 is 9.47 Å². The predicted molar refractivity (Wildman–Crippen MR) is 107 cm³/mol. The summed E-state index contributed by atoms with van der Waals surface area (Å²) in [5, 5.41) is 0. The topological polar surface area (TPSA) is 18.5 Å². The van der Waals surface area contributed by atoms with Crippen molar-refractivity contribution in [2.75, 3.05) is 7.11 Å². The van der Waals surface area contributed by atoms with Gasteiger partial charge in [0.05, 0.1) is 7.11 Å². The molecular weight excluding hydrogens is 320 g/mol. The van der Waals surface area contributed by atoms with Crippen LogP contribution in [0.3, 0.4) is 0 Å². The SMILES string of the molecule is C=C1[C@@H]2Oc3cc(C(C)(C)CCCC)cc(OC)c3[C@@H]2[C@H]2C[C@@H]1C2(C)C. The third kappa shape index (κ3) is 2.30. The number of benzene rings is 1. The lowest BCUT2D eigenvalue weighted by Crippen LogP contribution is -2.57. The first kappa shape index (κ1) is 17.9. The van der Waals surface area contributed by atoms with E-state index in [9.17, 15) is 0 Å². The molecule has 0 saturated heterocycles. The average molecular weight is 355 g/mol. The number of hydrogen-bond acceptors (Lipinski definition) is 2. The maximum atomic E-state index is 6.52. The number of unbranched alkanes of at least 4 members (excludes halogenated alkanes) is 1. The molecule has 1 aliphatic heterocycles. The summed E-state index contributed by atoms with van der Waals surface area (Å²) in [6.07, 6.45) is 5.05. The van der Waals surface area contributed by atoms with Crippen molar-refractivity contribution >= 4 is 0 Å². The van der Waals surface area contributed by atoms with Crippen LogP contribution in [0, 0.1) is 17.3 Å². The lowest BCUT2D eigenvalue weighted by atomic mass is 9.43. The summed E-state index contributed by atoms with van der Waals surface area (Å²) in [5.74, 6) is 3.74. The molecule has 0 aromatic heterocycles. The molecule has 5 rings (SSSR count). The molecular formula is C24H34O2. The summed E-state index contributed by atoms with van der Waals surface area (Å²) in [6, 6.07) is 4.57. The second-order valence-electron chi connectivity index (χ2n) is 9.93. The van der Waals surface area contributed by atoms with Gasteiger partial charge in [0.25, 0.3) is 0 Å². The Balaban J connectivity index is 1.77. The molecule has 3 aliphatic carbocycles. The van der Waals surface area contributed by atoms with Crippen molar-refractivity contribution in [3.8, 4) is 11.5 Å². The molecule has 0 amide bonds. The van der Waals surface area contributed by atoms with Crippen LogP contribution >= 0.6 is 0 Å². The highest BCUT2D eigenvalue weighted by Gasteiger charge is 2.63. The minimum Gasteiger partial charge on any atom is -0.496 e. The molecule has 3 saturated carbocycles. The van der Waals surface area contributed by atoms with E-state index >= 15 is 0 Å². The monoisotopic (exact) mass is 354 g/mol. The Hall–Kier alpha value is -1.44. The zero-order valence-corrected chi connectivity index (χ0v) is 17.3. The van der Waals surface area contributed by atoms with E-state index in [2.05, 4.69) is 53.3 Å². The highest BCUT2D eigenvalue weighted by atomic mass is 16.5. The Morgan fingerprint density at radius 1 is 1.31 bits per heavy atom. The van der Waals surface area contributed by atoms with Gasteiger partial charge in [-0.05, 0) is 58.8 Å². The van der Waals surface area contributed by atoms with E-state index in [4.69, 9.17) is 9.47 Å². The number of methoxy groups -OCH3 is 1. The van der Waals surface area contributed by atoms with Gasteiger partial charge in [-0.15, -0.1) is 0 Å². The maximum absolute atomic E-state index is 6.52. The molecule has 142 valence electrons. The van der Waals surface area contributed by atoms with Crippen LogP contribution < -0.4 is 9.47 Å².